The number of hydrogen-bond donors (Lipinski definition) is 1. The van der Waals surface area contributed by atoms with E-state index in [9.17, 15) is 14.9 Å². The van der Waals surface area contributed by atoms with Crippen molar-refractivity contribution in [3.63, 3.8) is 0 Å². The van der Waals surface area contributed by atoms with Gasteiger partial charge in [0.15, 0.2) is 0 Å². The number of nitrogens with zero attached hydrogens (tertiary/aromatic N) is 2. The summed E-state index contributed by atoms with van der Waals surface area (Å²) in [4.78, 5) is 24.3. The van der Waals surface area contributed by atoms with E-state index >= 15 is 0 Å². The number of amides is 1. The van der Waals surface area contributed by atoms with Crippen LogP contribution in [0.25, 0.3) is 10.4 Å². The number of para-hydroxylation sites is 1. The van der Waals surface area contributed by atoms with Crippen LogP contribution in [0.5, 0.6) is 0 Å². The lowest BCUT2D eigenvalue weighted by Crippen LogP contribution is -2.31. The first-order valence-electron chi connectivity index (χ1n) is 7.86. The maximum atomic E-state index is 11.9. The highest BCUT2D eigenvalue weighted by molar-refractivity contribution is 7.17. The van der Waals surface area contributed by atoms with E-state index in [-0.39, 0.29) is 11.6 Å². The minimum absolute atomic E-state index is 0.0668. The maximum Gasteiger partial charge on any atom is 0.278 e. The number of thiophene rings is 1. The fourth-order valence-corrected chi connectivity index (χ4v) is 3.55. The molecule has 0 unspecified atom stereocenters. The van der Waals surface area contributed by atoms with Gasteiger partial charge in [-0.2, -0.15) is 5.10 Å². The summed E-state index contributed by atoms with van der Waals surface area (Å²) in [5, 5.41) is 15.3. The average Bonchev–Trinajstić information content (AvgIpc) is 3.30. The molecule has 3 rings (SSSR count). The predicted molar refractivity (Wildman–Crippen MR) is 95.7 cm³/mol. The lowest BCUT2D eigenvalue weighted by Gasteiger charge is -2.07. The van der Waals surface area contributed by atoms with Gasteiger partial charge in [0.05, 0.1) is 21.1 Å². The monoisotopic (exact) mass is 359 g/mol. The summed E-state index contributed by atoms with van der Waals surface area (Å²) in [5.41, 5.74) is 3.80. The van der Waals surface area contributed by atoms with Crippen LogP contribution in [-0.2, 0) is 9.53 Å². The Morgan fingerprint density at radius 3 is 2.88 bits per heavy atom. The summed E-state index contributed by atoms with van der Waals surface area (Å²) in [6.07, 6.45) is 1.16. The Bertz CT molecular complexity index is 825. The van der Waals surface area contributed by atoms with Gasteiger partial charge in [0.1, 0.15) is 6.10 Å². The number of nitro benzene ring substituents is 1. The average molecular weight is 359 g/mol. The van der Waals surface area contributed by atoms with Gasteiger partial charge in [-0.3, -0.25) is 14.9 Å². The third kappa shape index (κ3) is 3.92. The molecule has 0 spiro atoms. The molecule has 8 heteroatoms. The second-order valence-corrected chi connectivity index (χ2v) is 6.70. The predicted octanol–water partition coefficient (Wildman–Crippen LogP) is 3.34. The van der Waals surface area contributed by atoms with E-state index in [1.54, 1.807) is 25.1 Å². The normalized spacial score (nSPS) is 17.5. The first-order valence-corrected chi connectivity index (χ1v) is 8.67. The molecule has 7 nitrogen and oxygen atoms in total. The minimum Gasteiger partial charge on any atom is -0.368 e. The number of ether oxygens (including phenoxy) is 1. The van der Waals surface area contributed by atoms with Crippen LogP contribution in [0, 0.1) is 10.1 Å². The van der Waals surface area contributed by atoms with E-state index in [1.165, 1.54) is 17.4 Å². The van der Waals surface area contributed by atoms with Crippen LogP contribution in [0.2, 0.25) is 0 Å². The van der Waals surface area contributed by atoms with Crippen molar-refractivity contribution >= 4 is 28.6 Å². The van der Waals surface area contributed by atoms with Crippen molar-refractivity contribution in [3.8, 4) is 10.4 Å². The van der Waals surface area contributed by atoms with Crippen LogP contribution >= 0.6 is 11.3 Å². The molecule has 1 aromatic carbocycles. The smallest absolute Gasteiger partial charge is 0.278 e. The Labute approximate surface area is 148 Å². The van der Waals surface area contributed by atoms with Crippen molar-refractivity contribution in [2.75, 3.05) is 6.61 Å². The molecule has 1 aromatic heterocycles. The van der Waals surface area contributed by atoms with Crippen molar-refractivity contribution in [1.29, 1.82) is 0 Å². The van der Waals surface area contributed by atoms with Crippen LogP contribution in [0.15, 0.2) is 41.5 Å². The molecule has 1 saturated heterocycles. The van der Waals surface area contributed by atoms with Gasteiger partial charge in [0.25, 0.3) is 11.6 Å². The van der Waals surface area contributed by atoms with Gasteiger partial charge in [0.2, 0.25) is 0 Å². The zero-order valence-electron chi connectivity index (χ0n) is 13.6. The fourth-order valence-electron chi connectivity index (χ4n) is 2.57. The molecule has 130 valence electrons. The highest BCUT2D eigenvalue weighted by atomic mass is 32.1. The molecule has 0 radical (unpaired) electrons. The Balaban J connectivity index is 1.75. The molecule has 2 heterocycles. The van der Waals surface area contributed by atoms with Gasteiger partial charge in [-0.05, 0) is 38.0 Å². The Kier molecular flexibility index (Phi) is 5.20. The van der Waals surface area contributed by atoms with E-state index in [0.29, 0.717) is 24.3 Å². The van der Waals surface area contributed by atoms with Gasteiger partial charge < -0.3 is 4.74 Å². The fraction of sp³-hybridized carbons (Fsp3) is 0.294. The van der Waals surface area contributed by atoms with Crippen molar-refractivity contribution in [3.05, 3.63) is 51.4 Å². The number of rotatable bonds is 5. The maximum absolute atomic E-state index is 11.9. The third-order valence-corrected chi connectivity index (χ3v) is 5.11. The lowest BCUT2D eigenvalue weighted by molar-refractivity contribution is -0.384. The summed E-state index contributed by atoms with van der Waals surface area (Å²) in [6, 6.07) is 10.3. The van der Waals surface area contributed by atoms with Gasteiger partial charge >= 0.3 is 0 Å². The van der Waals surface area contributed by atoms with Crippen molar-refractivity contribution in [2.45, 2.75) is 25.9 Å². The number of hydrogen-bond acceptors (Lipinski definition) is 6. The molecule has 1 N–H and O–H groups in total. The number of benzene rings is 1. The molecule has 0 aliphatic carbocycles. The summed E-state index contributed by atoms with van der Waals surface area (Å²) in [7, 11) is 0. The Morgan fingerprint density at radius 2 is 2.16 bits per heavy atom. The first-order chi connectivity index (χ1) is 12.1. The van der Waals surface area contributed by atoms with Crippen molar-refractivity contribution in [2.24, 2.45) is 5.10 Å². The largest absolute Gasteiger partial charge is 0.368 e. The van der Waals surface area contributed by atoms with Crippen LogP contribution in [-0.4, -0.2) is 29.3 Å². The van der Waals surface area contributed by atoms with E-state index < -0.39 is 11.0 Å². The molecule has 1 fully saturated rings. The highest BCUT2D eigenvalue weighted by Gasteiger charge is 2.23. The summed E-state index contributed by atoms with van der Waals surface area (Å²) >= 11 is 1.39. The standard InChI is InChI=1S/C17H17N3O4S/c1-11(18-19-17(21)14-7-4-10-24-14)15-8-9-16(25-15)12-5-2-3-6-13(12)20(22)23/h2-3,5-6,8-9,14H,4,7,10H2,1H3,(H,19,21)/t14-/m0/s1. The van der Waals surface area contributed by atoms with E-state index in [2.05, 4.69) is 10.5 Å². The van der Waals surface area contributed by atoms with E-state index in [4.69, 9.17) is 4.74 Å². The molecular formula is C17H17N3O4S. The lowest BCUT2D eigenvalue weighted by atomic mass is 10.1. The van der Waals surface area contributed by atoms with E-state index in [1.807, 2.05) is 12.1 Å². The number of nitro groups is 1. The second-order valence-electron chi connectivity index (χ2n) is 5.61. The second kappa shape index (κ2) is 7.54. The molecule has 25 heavy (non-hydrogen) atoms. The number of carbonyl (C=O) groups is 1. The van der Waals surface area contributed by atoms with Gasteiger partial charge in [0, 0.05) is 17.6 Å². The molecule has 1 aliphatic rings. The number of hydrazone groups is 1. The SMILES string of the molecule is CC(=NNC(=O)[C@@H]1CCCO1)c1ccc(-c2ccccc2[N+](=O)[O-])s1. The number of nitrogens with one attached hydrogen (secondary N) is 1. The summed E-state index contributed by atoms with van der Waals surface area (Å²) < 4.78 is 5.31. The van der Waals surface area contributed by atoms with Gasteiger partial charge in [-0.25, -0.2) is 5.43 Å². The van der Waals surface area contributed by atoms with E-state index in [0.717, 1.165) is 16.2 Å². The Morgan fingerprint density at radius 1 is 1.36 bits per heavy atom. The molecule has 1 atom stereocenters. The van der Waals surface area contributed by atoms with Gasteiger partial charge in [-0.15, -0.1) is 11.3 Å². The minimum atomic E-state index is -0.428. The highest BCUT2D eigenvalue weighted by Crippen LogP contribution is 2.34. The summed E-state index contributed by atoms with van der Waals surface area (Å²) in [6.45, 7) is 2.38. The molecule has 2 aromatic rings. The molecule has 1 amide bonds. The third-order valence-electron chi connectivity index (χ3n) is 3.88. The van der Waals surface area contributed by atoms with Crippen LogP contribution < -0.4 is 5.43 Å². The summed E-state index contributed by atoms with van der Waals surface area (Å²) in [5.74, 6) is -0.243. The molecular weight excluding hydrogens is 342 g/mol. The number of carbonyl (C=O) groups excluding carboxylic acids is 1. The quantitative estimate of drug-likeness (QED) is 0.503. The zero-order chi connectivity index (χ0) is 17.8. The molecule has 1 aliphatic heterocycles. The van der Waals surface area contributed by atoms with Crippen LogP contribution in [0.4, 0.5) is 5.69 Å². The molecule has 0 bridgehead atoms. The Hall–Kier alpha value is -2.58. The topological polar surface area (TPSA) is 93.8 Å². The van der Waals surface area contributed by atoms with Crippen LogP contribution in [0.3, 0.4) is 0 Å². The molecule has 0 saturated carbocycles. The first kappa shape index (κ1) is 17.2. The van der Waals surface area contributed by atoms with Crippen LogP contribution in [0.1, 0.15) is 24.6 Å². The zero-order valence-corrected chi connectivity index (χ0v) is 14.4. The van der Waals surface area contributed by atoms with Gasteiger partial charge in [-0.1, -0.05) is 12.1 Å². The van der Waals surface area contributed by atoms with Crippen molar-refractivity contribution in [1.82, 2.24) is 5.43 Å². The van der Waals surface area contributed by atoms with Crippen molar-refractivity contribution < 1.29 is 14.5 Å².